The second-order valence-electron chi connectivity index (χ2n) is 20.1. The molecule has 0 bridgehead atoms. The topological polar surface area (TPSA) is 135 Å². The number of unbranched alkanes of at least 4 members (excludes halogenated alkanes) is 34. The molecule has 0 spiro atoms. The molecule has 0 radical (unpaired) electrons. The van der Waals surface area contributed by atoms with E-state index in [9.17, 15) is 25.2 Å². The Morgan fingerprint density at radius 1 is 0.471 bits per heavy atom. The lowest BCUT2D eigenvalue weighted by atomic mass is 9.99. The summed E-state index contributed by atoms with van der Waals surface area (Å²) in [6, 6.07) is 0. The van der Waals surface area contributed by atoms with E-state index in [4.69, 9.17) is 18.9 Å². The molecule has 1 heterocycles. The van der Waals surface area contributed by atoms with Gasteiger partial charge in [0.05, 0.1) is 19.8 Å². The zero-order valence-corrected chi connectivity index (χ0v) is 44.4. The number of hydrogen-bond acceptors (Lipinski definition) is 9. The van der Waals surface area contributed by atoms with Gasteiger partial charge >= 0.3 is 5.97 Å². The Morgan fingerprint density at radius 2 is 0.853 bits per heavy atom. The van der Waals surface area contributed by atoms with Crippen LogP contribution in [0.1, 0.15) is 271 Å². The van der Waals surface area contributed by atoms with Gasteiger partial charge in [0, 0.05) is 13.0 Å². The number of aliphatic hydroxyl groups is 4. The Morgan fingerprint density at radius 3 is 1.28 bits per heavy atom. The third-order valence-corrected chi connectivity index (χ3v) is 13.6. The monoisotopic (exact) mass is 963 g/mol. The minimum absolute atomic E-state index is 0.116. The molecule has 0 amide bonds. The standard InChI is InChI=1S/C59H110O9/c1-3-5-7-9-11-13-15-17-19-21-23-25-26-27-29-31-33-35-37-39-41-43-45-47-49-65-51-53(52-66-59-58(64)57(63)56(62)54(50-60)68-59)67-55(61)48-46-44-42-40-38-36-34-32-30-28-24-22-20-18-16-14-12-10-8-6-4-2/h16,18,22,24,30,32,53-54,56-60,62-64H,3-15,17,19-21,23,25-29,31,33-52H2,1-2H3/b18-16-,24-22-,32-30-. The fourth-order valence-electron chi connectivity index (χ4n) is 9.03. The molecular weight excluding hydrogens is 853 g/mol. The predicted octanol–water partition coefficient (Wildman–Crippen LogP) is 15.0. The zero-order valence-electron chi connectivity index (χ0n) is 44.4. The van der Waals surface area contributed by atoms with E-state index in [-0.39, 0.29) is 19.2 Å². The summed E-state index contributed by atoms with van der Waals surface area (Å²) in [4.78, 5) is 12.9. The summed E-state index contributed by atoms with van der Waals surface area (Å²) in [7, 11) is 0. The van der Waals surface area contributed by atoms with Gasteiger partial charge in [0.1, 0.15) is 30.5 Å². The van der Waals surface area contributed by atoms with Crippen LogP contribution in [0.4, 0.5) is 0 Å². The number of aliphatic hydroxyl groups excluding tert-OH is 4. The molecule has 9 heteroatoms. The highest BCUT2D eigenvalue weighted by atomic mass is 16.7. The molecule has 0 aromatic rings. The van der Waals surface area contributed by atoms with Gasteiger partial charge in [-0.15, -0.1) is 0 Å². The van der Waals surface area contributed by atoms with Crippen molar-refractivity contribution in [2.24, 2.45) is 0 Å². The SMILES string of the molecule is CCCCCCC/C=C\C/C=C\C/C=C\CCCCCCCCC(=O)OC(COCCCCCCCCCCCCCCCCCCCCCCCCCC)COC1OC(CO)C(O)C(O)C1O. The third kappa shape index (κ3) is 40.1. The third-order valence-electron chi connectivity index (χ3n) is 13.6. The number of rotatable bonds is 51. The van der Waals surface area contributed by atoms with Gasteiger partial charge in [0.25, 0.3) is 0 Å². The maximum atomic E-state index is 12.9. The first kappa shape index (κ1) is 64.4. The van der Waals surface area contributed by atoms with Crippen LogP contribution in [0.2, 0.25) is 0 Å². The molecule has 1 aliphatic rings. The smallest absolute Gasteiger partial charge is 0.306 e. The molecule has 6 atom stereocenters. The van der Waals surface area contributed by atoms with Gasteiger partial charge < -0.3 is 39.4 Å². The van der Waals surface area contributed by atoms with Crippen LogP contribution in [0, 0.1) is 0 Å². The first-order valence-corrected chi connectivity index (χ1v) is 29.1. The molecule has 1 aliphatic heterocycles. The van der Waals surface area contributed by atoms with Crippen LogP contribution < -0.4 is 0 Å². The number of hydrogen-bond donors (Lipinski definition) is 4. The van der Waals surface area contributed by atoms with Crippen molar-refractivity contribution in [3.05, 3.63) is 36.5 Å². The predicted molar refractivity (Wildman–Crippen MR) is 284 cm³/mol. The van der Waals surface area contributed by atoms with Gasteiger partial charge in [-0.1, -0.05) is 249 Å². The summed E-state index contributed by atoms with van der Waals surface area (Å²) in [5.41, 5.74) is 0. The number of ether oxygens (including phenoxy) is 4. The van der Waals surface area contributed by atoms with Crippen LogP contribution >= 0.6 is 0 Å². The summed E-state index contributed by atoms with van der Waals surface area (Å²) in [6.07, 6.45) is 56.2. The highest BCUT2D eigenvalue weighted by molar-refractivity contribution is 5.69. The van der Waals surface area contributed by atoms with E-state index in [2.05, 4.69) is 50.3 Å². The summed E-state index contributed by atoms with van der Waals surface area (Å²) in [5.74, 6) is -0.321. The van der Waals surface area contributed by atoms with E-state index in [1.807, 2.05) is 0 Å². The molecule has 68 heavy (non-hydrogen) atoms. The molecule has 1 saturated heterocycles. The van der Waals surface area contributed by atoms with Gasteiger partial charge in [0.2, 0.25) is 0 Å². The Hall–Kier alpha value is -1.59. The largest absolute Gasteiger partial charge is 0.457 e. The summed E-state index contributed by atoms with van der Waals surface area (Å²) >= 11 is 0. The van der Waals surface area contributed by atoms with Crippen molar-refractivity contribution in [1.29, 1.82) is 0 Å². The quantitative estimate of drug-likeness (QED) is 0.0267. The van der Waals surface area contributed by atoms with Crippen molar-refractivity contribution in [2.75, 3.05) is 26.4 Å². The lowest BCUT2D eigenvalue weighted by molar-refractivity contribution is -0.305. The van der Waals surface area contributed by atoms with E-state index in [1.165, 1.54) is 193 Å². The van der Waals surface area contributed by atoms with Crippen LogP contribution in [0.25, 0.3) is 0 Å². The fraction of sp³-hybridized carbons (Fsp3) is 0.881. The lowest BCUT2D eigenvalue weighted by Crippen LogP contribution is -2.59. The van der Waals surface area contributed by atoms with E-state index >= 15 is 0 Å². The second-order valence-corrected chi connectivity index (χ2v) is 20.1. The van der Waals surface area contributed by atoms with E-state index in [1.54, 1.807) is 0 Å². The molecule has 400 valence electrons. The Balaban J connectivity index is 2.15. The molecule has 0 aromatic heterocycles. The average molecular weight is 964 g/mol. The Kier molecular flexibility index (Phi) is 47.7. The number of esters is 1. The lowest BCUT2D eigenvalue weighted by Gasteiger charge is -2.39. The van der Waals surface area contributed by atoms with Crippen molar-refractivity contribution in [2.45, 2.75) is 307 Å². The summed E-state index contributed by atoms with van der Waals surface area (Å²) in [5, 5.41) is 40.3. The highest BCUT2D eigenvalue weighted by Crippen LogP contribution is 2.23. The van der Waals surface area contributed by atoms with Gasteiger partial charge in [-0.3, -0.25) is 4.79 Å². The minimum Gasteiger partial charge on any atom is -0.457 e. The zero-order chi connectivity index (χ0) is 49.2. The van der Waals surface area contributed by atoms with Crippen LogP contribution in [-0.4, -0.2) is 89.6 Å². The van der Waals surface area contributed by atoms with Gasteiger partial charge in [-0.25, -0.2) is 0 Å². The summed E-state index contributed by atoms with van der Waals surface area (Å²) < 4.78 is 23.0. The molecular formula is C59H110O9. The molecule has 6 unspecified atom stereocenters. The van der Waals surface area contributed by atoms with E-state index in [0.29, 0.717) is 13.0 Å². The maximum absolute atomic E-state index is 12.9. The van der Waals surface area contributed by atoms with E-state index in [0.717, 1.165) is 57.8 Å². The molecule has 9 nitrogen and oxygen atoms in total. The average Bonchev–Trinajstić information content (AvgIpc) is 3.34. The van der Waals surface area contributed by atoms with Crippen LogP contribution in [0.3, 0.4) is 0 Å². The first-order valence-electron chi connectivity index (χ1n) is 29.1. The fourth-order valence-corrected chi connectivity index (χ4v) is 9.03. The van der Waals surface area contributed by atoms with Crippen molar-refractivity contribution in [3.8, 4) is 0 Å². The van der Waals surface area contributed by atoms with Crippen LogP contribution in [-0.2, 0) is 23.7 Å². The Bertz CT molecular complexity index is 1140. The van der Waals surface area contributed by atoms with E-state index < -0.39 is 43.4 Å². The van der Waals surface area contributed by atoms with Gasteiger partial charge in [-0.2, -0.15) is 0 Å². The second kappa shape index (κ2) is 50.4. The number of allylic oxidation sites excluding steroid dienone is 6. The van der Waals surface area contributed by atoms with Gasteiger partial charge in [0.15, 0.2) is 6.29 Å². The molecule has 4 N–H and O–H groups in total. The molecule has 1 rings (SSSR count). The van der Waals surface area contributed by atoms with Crippen LogP contribution in [0.5, 0.6) is 0 Å². The highest BCUT2D eigenvalue weighted by Gasteiger charge is 2.44. The normalized spacial score (nSPS) is 19.3. The van der Waals surface area contributed by atoms with Crippen molar-refractivity contribution < 1.29 is 44.2 Å². The molecule has 0 saturated carbocycles. The van der Waals surface area contributed by atoms with Crippen molar-refractivity contribution >= 4 is 5.97 Å². The first-order chi connectivity index (χ1) is 33.4. The Labute approximate surface area is 419 Å². The van der Waals surface area contributed by atoms with Gasteiger partial charge in [-0.05, 0) is 51.4 Å². The minimum atomic E-state index is -1.54. The summed E-state index contributed by atoms with van der Waals surface area (Å²) in [6.45, 7) is 4.59. The molecule has 0 aliphatic carbocycles. The number of carbonyl (C=O) groups excluding carboxylic acids is 1. The van der Waals surface area contributed by atoms with Crippen molar-refractivity contribution in [3.63, 3.8) is 0 Å². The number of carbonyl (C=O) groups is 1. The molecule has 1 fully saturated rings. The van der Waals surface area contributed by atoms with Crippen molar-refractivity contribution in [1.82, 2.24) is 0 Å². The molecule has 0 aromatic carbocycles. The maximum Gasteiger partial charge on any atom is 0.306 e. The van der Waals surface area contributed by atoms with Crippen LogP contribution in [0.15, 0.2) is 36.5 Å².